The highest BCUT2D eigenvalue weighted by Crippen LogP contribution is 2.31. The van der Waals surface area contributed by atoms with E-state index < -0.39 is 11.9 Å². The van der Waals surface area contributed by atoms with E-state index in [4.69, 9.17) is 13.9 Å². The summed E-state index contributed by atoms with van der Waals surface area (Å²) >= 11 is 0. The van der Waals surface area contributed by atoms with Gasteiger partial charge in [-0.1, -0.05) is 12.2 Å². The maximum Gasteiger partial charge on any atom is 0.258 e. The smallest absolute Gasteiger partial charge is 0.258 e. The van der Waals surface area contributed by atoms with Crippen molar-refractivity contribution >= 4 is 0 Å². The summed E-state index contributed by atoms with van der Waals surface area (Å²) in [4.78, 5) is 0. The minimum absolute atomic E-state index is 0.429. The van der Waals surface area contributed by atoms with E-state index in [1.807, 2.05) is 0 Å². The highest BCUT2D eigenvalue weighted by atomic mass is 16.7. The molecular weight excluding hydrogens is 196 g/mol. The molecule has 1 rings (SSSR count). The van der Waals surface area contributed by atoms with Crippen molar-refractivity contribution in [2.24, 2.45) is 0 Å². The lowest BCUT2D eigenvalue weighted by molar-refractivity contribution is -0.266. The molecule has 4 heteroatoms. The fourth-order valence-corrected chi connectivity index (χ4v) is 1.46. The molecule has 1 aromatic heterocycles. The number of hydrogen-bond donors (Lipinski definition) is 1. The number of furan rings is 1. The van der Waals surface area contributed by atoms with Gasteiger partial charge in [-0.05, 0) is 19.1 Å². The predicted molar refractivity (Wildman–Crippen MR) is 55.2 cm³/mol. The molecule has 0 aliphatic rings. The molecule has 0 radical (unpaired) electrons. The van der Waals surface area contributed by atoms with E-state index >= 15 is 0 Å². The molecule has 0 aromatic carbocycles. The SMILES string of the molecule is C/C=C/C(O)C(OC)(OC)c1ccco1. The zero-order valence-corrected chi connectivity index (χ0v) is 9.14. The molecular formula is C11H16O4. The number of allylic oxidation sites excluding steroid dienone is 1. The Balaban J connectivity index is 3.07. The van der Waals surface area contributed by atoms with Crippen LogP contribution in [-0.4, -0.2) is 25.4 Å². The number of rotatable bonds is 5. The lowest BCUT2D eigenvalue weighted by Gasteiger charge is -2.31. The fourth-order valence-electron chi connectivity index (χ4n) is 1.46. The van der Waals surface area contributed by atoms with Gasteiger partial charge in [0.25, 0.3) is 5.79 Å². The summed E-state index contributed by atoms with van der Waals surface area (Å²) in [6, 6.07) is 3.41. The van der Waals surface area contributed by atoms with Crippen molar-refractivity contribution in [1.29, 1.82) is 0 Å². The van der Waals surface area contributed by atoms with Crippen molar-refractivity contribution in [3.63, 3.8) is 0 Å². The Bertz CT molecular complexity index is 298. The summed E-state index contributed by atoms with van der Waals surface area (Å²) in [5.74, 6) is -0.853. The van der Waals surface area contributed by atoms with Gasteiger partial charge in [0.1, 0.15) is 6.10 Å². The van der Waals surface area contributed by atoms with Gasteiger partial charge in [0, 0.05) is 14.2 Å². The standard InChI is InChI=1S/C11H16O4/c1-4-6-9(12)11(13-2,14-3)10-7-5-8-15-10/h4-9,12H,1-3H3/b6-4+. The Kier molecular flexibility index (Phi) is 4.08. The van der Waals surface area contributed by atoms with Gasteiger partial charge >= 0.3 is 0 Å². The van der Waals surface area contributed by atoms with Crippen molar-refractivity contribution in [2.75, 3.05) is 14.2 Å². The maximum atomic E-state index is 9.93. The van der Waals surface area contributed by atoms with Crippen LogP contribution in [0, 0.1) is 0 Å². The molecule has 0 bridgehead atoms. The Labute approximate surface area is 89.1 Å². The summed E-state index contributed by atoms with van der Waals surface area (Å²) in [5.41, 5.74) is 0. The van der Waals surface area contributed by atoms with Crippen LogP contribution in [0.2, 0.25) is 0 Å². The van der Waals surface area contributed by atoms with Gasteiger partial charge in [-0.25, -0.2) is 0 Å². The van der Waals surface area contributed by atoms with Crippen molar-refractivity contribution < 1.29 is 19.0 Å². The molecule has 0 spiro atoms. The second-order valence-corrected chi connectivity index (χ2v) is 3.02. The first-order valence-electron chi connectivity index (χ1n) is 4.66. The Morgan fingerprint density at radius 2 is 2.13 bits per heavy atom. The Hall–Kier alpha value is -1.10. The third kappa shape index (κ3) is 2.12. The molecule has 0 saturated heterocycles. The first kappa shape index (κ1) is 12.0. The van der Waals surface area contributed by atoms with E-state index in [0.717, 1.165) is 0 Å². The summed E-state index contributed by atoms with van der Waals surface area (Å²) in [6.45, 7) is 1.81. The van der Waals surface area contributed by atoms with E-state index in [-0.39, 0.29) is 0 Å². The lowest BCUT2D eigenvalue weighted by Crippen LogP contribution is -2.41. The predicted octanol–water partition coefficient (Wildman–Crippen LogP) is 1.66. The number of hydrogen-bond acceptors (Lipinski definition) is 4. The highest BCUT2D eigenvalue weighted by Gasteiger charge is 2.41. The molecule has 0 aliphatic carbocycles. The van der Waals surface area contributed by atoms with Crippen LogP contribution in [0.15, 0.2) is 35.0 Å². The average molecular weight is 212 g/mol. The van der Waals surface area contributed by atoms with E-state index in [1.54, 1.807) is 31.2 Å². The number of methoxy groups -OCH3 is 2. The number of aliphatic hydroxyl groups is 1. The minimum Gasteiger partial charge on any atom is -0.463 e. The molecule has 0 amide bonds. The van der Waals surface area contributed by atoms with Gasteiger partial charge in [0.2, 0.25) is 0 Å². The molecule has 0 saturated carbocycles. The topological polar surface area (TPSA) is 51.8 Å². The summed E-state index contributed by atoms with van der Waals surface area (Å²) < 4.78 is 15.7. The van der Waals surface area contributed by atoms with E-state index in [1.165, 1.54) is 20.5 Å². The van der Waals surface area contributed by atoms with Crippen LogP contribution < -0.4 is 0 Å². The fraction of sp³-hybridized carbons (Fsp3) is 0.455. The average Bonchev–Trinajstić information content (AvgIpc) is 2.75. The molecule has 4 nitrogen and oxygen atoms in total. The van der Waals surface area contributed by atoms with Gasteiger partial charge in [-0.3, -0.25) is 0 Å². The van der Waals surface area contributed by atoms with Gasteiger partial charge in [0.15, 0.2) is 5.76 Å². The largest absolute Gasteiger partial charge is 0.463 e. The van der Waals surface area contributed by atoms with E-state index in [9.17, 15) is 5.11 Å². The molecule has 0 aliphatic heterocycles. The monoisotopic (exact) mass is 212 g/mol. The first-order chi connectivity index (χ1) is 7.21. The second kappa shape index (κ2) is 5.11. The molecule has 15 heavy (non-hydrogen) atoms. The van der Waals surface area contributed by atoms with E-state index in [0.29, 0.717) is 5.76 Å². The normalized spacial score (nSPS) is 14.7. The van der Waals surface area contributed by atoms with Crippen molar-refractivity contribution in [3.05, 3.63) is 36.3 Å². The lowest BCUT2D eigenvalue weighted by atomic mass is 10.1. The third-order valence-electron chi connectivity index (χ3n) is 2.24. The molecule has 0 fully saturated rings. The maximum absolute atomic E-state index is 9.93. The summed E-state index contributed by atoms with van der Waals surface area (Å²) in [5, 5.41) is 9.93. The molecule has 1 N–H and O–H groups in total. The third-order valence-corrected chi connectivity index (χ3v) is 2.24. The van der Waals surface area contributed by atoms with E-state index in [2.05, 4.69) is 0 Å². The van der Waals surface area contributed by atoms with Crippen LogP contribution in [0.5, 0.6) is 0 Å². The zero-order chi connectivity index (χ0) is 11.3. The van der Waals surface area contributed by atoms with Crippen LogP contribution in [0.1, 0.15) is 12.7 Å². The van der Waals surface area contributed by atoms with Crippen LogP contribution in [-0.2, 0) is 15.3 Å². The first-order valence-corrected chi connectivity index (χ1v) is 4.66. The summed E-state index contributed by atoms with van der Waals surface area (Å²) in [6.07, 6.45) is 3.88. The van der Waals surface area contributed by atoms with Gasteiger partial charge in [-0.15, -0.1) is 0 Å². The Morgan fingerprint density at radius 1 is 1.47 bits per heavy atom. The van der Waals surface area contributed by atoms with Gasteiger partial charge in [0.05, 0.1) is 6.26 Å². The van der Waals surface area contributed by atoms with Crippen LogP contribution >= 0.6 is 0 Å². The minimum atomic E-state index is -1.28. The molecule has 1 heterocycles. The van der Waals surface area contributed by atoms with Gasteiger partial charge < -0.3 is 19.0 Å². The van der Waals surface area contributed by atoms with Crippen molar-refractivity contribution in [3.8, 4) is 0 Å². The van der Waals surface area contributed by atoms with Crippen molar-refractivity contribution in [1.82, 2.24) is 0 Å². The second-order valence-electron chi connectivity index (χ2n) is 3.02. The van der Waals surface area contributed by atoms with Gasteiger partial charge in [-0.2, -0.15) is 0 Å². The molecule has 1 aromatic rings. The Morgan fingerprint density at radius 3 is 2.53 bits per heavy atom. The zero-order valence-electron chi connectivity index (χ0n) is 9.14. The highest BCUT2D eigenvalue weighted by molar-refractivity contribution is 5.12. The summed E-state index contributed by atoms with van der Waals surface area (Å²) in [7, 11) is 2.91. The molecule has 1 unspecified atom stereocenters. The van der Waals surface area contributed by atoms with Crippen LogP contribution in [0.4, 0.5) is 0 Å². The molecule has 84 valence electrons. The number of ether oxygens (including phenoxy) is 2. The molecule has 1 atom stereocenters. The number of aliphatic hydroxyl groups excluding tert-OH is 1. The van der Waals surface area contributed by atoms with Crippen LogP contribution in [0.3, 0.4) is 0 Å². The van der Waals surface area contributed by atoms with Crippen LogP contribution in [0.25, 0.3) is 0 Å². The van der Waals surface area contributed by atoms with Crippen molar-refractivity contribution in [2.45, 2.75) is 18.8 Å². The quantitative estimate of drug-likeness (QED) is 0.595.